The van der Waals surface area contributed by atoms with E-state index in [9.17, 15) is 9.18 Å². The molecule has 0 saturated heterocycles. The minimum Gasteiger partial charge on any atom is -0.465 e. The van der Waals surface area contributed by atoms with E-state index in [2.05, 4.69) is 20.7 Å². The van der Waals surface area contributed by atoms with E-state index < -0.39 is 11.8 Å². The second-order valence-electron chi connectivity index (χ2n) is 2.21. The summed E-state index contributed by atoms with van der Waals surface area (Å²) in [6.45, 7) is 0. The zero-order valence-electron chi connectivity index (χ0n) is 6.61. The van der Waals surface area contributed by atoms with Crippen molar-refractivity contribution in [2.24, 2.45) is 0 Å². The average molecular weight is 267 g/mol. The Bertz CT molecular complexity index is 354. The van der Waals surface area contributed by atoms with Gasteiger partial charge < -0.3 is 4.74 Å². The lowest BCUT2D eigenvalue weighted by atomic mass is 10.2. The van der Waals surface area contributed by atoms with Gasteiger partial charge in [-0.05, 0) is 28.1 Å². The van der Waals surface area contributed by atoms with Crippen LogP contribution in [0.15, 0.2) is 16.6 Å². The third-order valence-electron chi connectivity index (χ3n) is 1.44. The molecule has 0 radical (unpaired) electrons. The number of hydrogen-bond donors (Lipinski definition) is 0. The van der Waals surface area contributed by atoms with Crippen LogP contribution in [0.4, 0.5) is 4.39 Å². The van der Waals surface area contributed by atoms with Gasteiger partial charge in [0.25, 0.3) is 0 Å². The van der Waals surface area contributed by atoms with E-state index in [-0.39, 0.29) is 15.1 Å². The molecule has 0 aliphatic heterocycles. The SMILES string of the molecule is COC(=O)c1ccc(F)c(Br)c1Cl. The summed E-state index contributed by atoms with van der Waals surface area (Å²) in [5.74, 6) is -1.11. The largest absolute Gasteiger partial charge is 0.465 e. The molecule has 0 bridgehead atoms. The Labute approximate surface area is 87.8 Å². The smallest absolute Gasteiger partial charge is 0.339 e. The molecule has 0 aliphatic carbocycles. The van der Waals surface area contributed by atoms with Crippen molar-refractivity contribution in [3.05, 3.63) is 33.0 Å². The highest BCUT2D eigenvalue weighted by Crippen LogP contribution is 2.29. The number of esters is 1. The molecule has 13 heavy (non-hydrogen) atoms. The molecule has 0 N–H and O–H groups in total. The molecule has 1 rings (SSSR count). The van der Waals surface area contributed by atoms with Crippen molar-refractivity contribution in [1.29, 1.82) is 0 Å². The number of benzene rings is 1. The van der Waals surface area contributed by atoms with Gasteiger partial charge in [-0.2, -0.15) is 0 Å². The minimum absolute atomic E-state index is 0.0202. The van der Waals surface area contributed by atoms with Crippen molar-refractivity contribution in [3.8, 4) is 0 Å². The van der Waals surface area contributed by atoms with Crippen molar-refractivity contribution < 1.29 is 13.9 Å². The lowest BCUT2D eigenvalue weighted by Crippen LogP contribution is -2.02. The zero-order chi connectivity index (χ0) is 10.0. The van der Waals surface area contributed by atoms with Gasteiger partial charge in [0.05, 0.1) is 22.2 Å². The summed E-state index contributed by atoms with van der Waals surface area (Å²) in [7, 11) is 1.23. The van der Waals surface area contributed by atoms with Crippen LogP contribution in [0, 0.1) is 5.82 Å². The molecule has 0 saturated carbocycles. The monoisotopic (exact) mass is 266 g/mol. The topological polar surface area (TPSA) is 26.3 Å². The number of halogens is 3. The number of carbonyl (C=O) groups excluding carboxylic acids is 1. The van der Waals surface area contributed by atoms with Crippen molar-refractivity contribution in [3.63, 3.8) is 0 Å². The Kier molecular flexibility index (Phi) is 3.27. The van der Waals surface area contributed by atoms with E-state index in [0.717, 1.165) is 6.07 Å². The Morgan fingerprint density at radius 2 is 2.23 bits per heavy atom. The van der Waals surface area contributed by atoms with Crippen molar-refractivity contribution in [2.75, 3.05) is 7.11 Å². The fourth-order valence-corrected chi connectivity index (χ4v) is 1.37. The molecule has 0 unspecified atom stereocenters. The summed E-state index contributed by atoms with van der Waals surface area (Å²) in [6, 6.07) is 2.41. The van der Waals surface area contributed by atoms with Crippen LogP contribution in [-0.4, -0.2) is 13.1 Å². The fraction of sp³-hybridized carbons (Fsp3) is 0.125. The van der Waals surface area contributed by atoms with Gasteiger partial charge in [-0.1, -0.05) is 11.6 Å². The standard InChI is InChI=1S/C8H5BrClFO2/c1-13-8(12)4-2-3-5(11)6(9)7(4)10/h2-3H,1H3. The predicted octanol–water partition coefficient (Wildman–Crippen LogP) is 3.03. The summed E-state index contributed by atoms with van der Waals surface area (Å²) in [4.78, 5) is 11.0. The van der Waals surface area contributed by atoms with Crippen molar-refractivity contribution >= 4 is 33.5 Å². The molecule has 0 heterocycles. The number of ether oxygens (including phenoxy) is 1. The highest BCUT2D eigenvalue weighted by Gasteiger charge is 2.15. The van der Waals surface area contributed by atoms with Crippen LogP contribution < -0.4 is 0 Å². The molecule has 0 fully saturated rings. The summed E-state index contributed by atoms with van der Waals surface area (Å²) in [6.07, 6.45) is 0. The lowest BCUT2D eigenvalue weighted by molar-refractivity contribution is 0.0601. The van der Waals surface area contributed by atoms with E-state index in [1.54, 1.807) is 0 Å². The van der Waals surface area contributed by atoms with Crippen LogP contribution in [0.2, 0.25) is 5.02 Å². The molecule has 70 valence electrons. The number of rotatable bonds is 1. The van der Waals surface area contributed by atoms with Gasteiger partial charge in [-0.15, -0.1) is 0 Å². The molecular formula is C8H5BrClFO2. The molecular weight excluding hydrogens is 262 g/mol. The summed E-state index contributed by atoms with van der Waals surface area (Å²) in [5, 5.41) is 0.0202. The van der Waals surface area contributed by atoms with Crippen molar-refractivity contribution in [2.45, 2.75) is 0 Å². The first kappa shape index (κ1) is 10.5. The van der Waals surface area contributed by atoms with Crippen LogP contribution >= 0.6 is 27.5 Å². The lowest BCUT2D eigenvalue weighted by Gasteiger charge is -2.03. The maximum atomic E-state index is 12.8. The highest BCUT2D eigenvalue weighted by molar-refractivity contribution is 9.10. The quantitative estimate of drug-likeness (QED) is 0.577. The summed E-state index contributed by atoms with van der Waals surface area (Å²) >= 11 is 8.60. The van der Waals surface area contributed by atoms with Crippen LogP contribution in [0.3, 0.4) is 0 Å². The highest BCUT2D eigenvalue weighted by atomic mass is 79.9. The first-order valence-electron chi connectivity index (χ1n) is 3.29. The first-order chi connectivity index (χ1) is 6.07. The number of carbonyl (C=O) groups is 1. The second kappa shape index (κ2) is 4.07. The average Bonchev–Trinajstić information content (AvgIpc) is 2.13. The molecule has 0 aliphatic rings. The Hall–Kier alpha value is -0.610. The zero-order valence-corrected chi connectivity index (χ0v) is 8.95. The maximum absolute atomic E-state index is 12.8. The first-order valence-corrected chi connectivity index (χ1v) is 4.47. The van der Waals surface area contributed by atoms with E-state index in [1.807, 2.05) is 0 Å². The number of hydrogen-bond acceptors (Lipinski definition) is 2. The van der Waals surface area contributed by atoms with E-state index in [4.69, 9.17) is 11.6 Å². The second-order valence-corrected chi connectivity index (χ2v) is 3.39. The minimum atomic E-state index is -0.592. The van der Waals surface area contributed by atoms with Gasteiger partial charge >= 0.3 is 5.97 Å². The Balaban J connectivity index is 3.26. The molecule has 1 aromatic carbocycles. The molecule has 0 atom stereocenters. The summed E-state index contributed by atoms with van der Waals surface area (Å²) in [5.41, 5.74) is 0.137. The molecule has 1 aromatic rings. The third kappa shape index (κ3) is 2.00. The third-order valence-corrected chi connectivity index (χ3v) is 2.84. The fourth-order valence-electron chi connectivity index (χ4n) is 0.794. The van der Waals surface area contributed by atoms with Crippen LogP contribution in [0.1, 0.15) is 10.4 Å². The van der Waals surface area contributed by atoms with Crippen LogP contribution in [-0.2, 0) is 4.74 Å². The van der Waals surface area contributed by atoms with E-state index >= 15 is 0 Å². The molecule has 0 amide bonds. The van der Waals surface area contributed by atoms with Crippen LogP contribution in [0.5, 0.6) is 0 Å². The van der Waals surface area contributed by atoms with Gasteiger partial charge in [0.15, 0.2) is 0 Å². The van der Waals surface area contributed by atoms with Crippen LogP contribution in [0.25, 0.3) is 0 Å². The molecule has 5 heteroatoms. The predicted molar refractivity (Wildman–Crippen MR) is 50.4 cm³/mol. The summed E-state index contributed by atoms with van der Waals surface area (Å²) < 4.78 is 17.4. The van der Waals surface area contributed by atoms with Gasteiger partial charge in [0.2, 0.25) is 0 Å². The van der Waals surface area contributed by atoms with E-state index in [0.29, 0.717) is 0 Å². The van der Waals surface area contributed by atoms with Gasteiger partial charge in [0.1, 0.15) is 5.82 Å². The number of methoxy groups -OCH3 is 1. The van der Waals surface area contributed by atoms with Gasteiger partial charge in [-0.25, -0.2) is 9.18 Å². The molecule has 0 spiro atoms. The van der Waals surface area contributed by atoms with E-state index in [1.165, 1.54) is 13.2 Å². The normalized spacial score (nSPS) is 9.85. The van der Waals surface area contributed by atoms with Gasteiger partial charge in [0, 0.05) is 0 Å². The maximum Gasteiger partial charge on any atom is 0.339 e. The Morgan fingerprint density at radius 1 is 1.62 bits per heavy atom. The Morgan fingerprint density at radius 3 is 2.77 bits per heavy atom. The van der Waals surface area contributed by atoms with Gasteiger partial charge in [-0.3, -0.25) is 0 Å². The molecule has 2 nitrogen and oxygen atoms in total. The molecule has 0 aromatic heterocycles. The van der Waals surface area contributed by atoms with Crippen molar-refractivity contribution in [1.82, 2.24) is 0 Å².